The Morgan fingerprint density at radius 3 is 2.68 bits per heavy atom. The molecular formula is C14H11Br2NO2. The lowest BCUT2D eigenvalue weighted by atomic mass is 10.2. The van der Waals surface area contributed by atoms with Crippen LogP contribution in [0.1, 0.15) is 10.4 Å². The van der Waals surface area contributed by atoms with Crippen molar-refractivity contribution in [1.82, 2.24) is 0 Å². The molecule has 5 heteroatoms. The number of methoxy groups -OCH3 is 1. The first-order valence-electron chi connectivity index (χ1n) is 5.50. The number of halogens is 2. The summed E-state index contributed by atoms with van der Waals surface area (Å²) in [7, 11) is 1.59. The van der Waals surface area contributed by atoms with Crippen molar-refractivity contribution in [2.24, 2.45) is 0 Å². The van der Waals surface area contributed by atoms with Crippen molar-refractivity contribution < 1.29 is 9.53 Å². The van der Waals surface area contributed by atoms with Gasteiger partial charge in [0.25, 0.3) is 5.91 Å². The van der Waals surface area contributed by atoms with Crippen LogP contribution in [0.5, 0.6) is 5.75 Å². The van der Waals surface area contributed by atoms with E-state index in [-0.39, 0.29) is 5.91 Å². The number of nitrogens with one attached hydrogen (secondary N) is 1. The molecular weight excluding hydrogens is 374 g/mol. The molecule has 0 aromatic heterocycles. The Kier molecular flexibility index (Phi) is 4.61. The van der Waals surface area contributed by atoms with Gasteiger partial charge in [-0.3, -0.25) is 4.79 Å². The zero-order valence-electron chi connectivity index (χ0n) is 10.1. The Morgan fingerprint density at radius 1 is 1.16 bits per heavy atom. The summed E-state index contributed by atoms with van der Waals surface area (Å²) in [6.07, 6.45) is 0. The van der Waals surface area contributed by atoms with Crippen molar-refractivity contribution in [3.63, 3.8) is 0 Å². The van der Waals surface area contributed by atoms with Gasteiger partial charge in [-0.05, 0) is 46.3 Å². The monoisotopic (exact) mass is 383 g/mol. The van der Waals surface area contributed by atoms with E-state index in [0.29, 0.717) is 17.0 Å². The topological polar surface area (TPSA) is 38.3 Å². The Balaban J connectivity index is 2.23. The Hall–Kier alpha value is -1.33. The molecule has 2 rings (SSSR count). The average molecular weight is 385 g/mol. The van der Waals surface area contributed by atoms with Crippen molar-refractivity contribution in [3.05, 3.63) is 57.0 Å². The summed E-state index contributed by atoms with van der Waals surface area (Å²) < 4.78 is 6.72. The van der Waals surface area contributed by atoms with Gasteiger partial charge >= 0.3 is 0 Å². The standard InChI is InChI=1S/C14H11Br2NO2/c1-19-11-4-2-3-10(8-11)17-14(18)12-7-9(15)5-6-13(12)16/h2-8H,1H3,(H,17,18). The van der Waals surface area contributed by atoms with E-state index in [2.05, 4.69) is 37.2 Å². The van der Waals surface area contributed by atoms with Gasteiger partial charge in [0.2, 0.25) is 0 Å². The van der Waals surface area contributed by atoms with Gasteiger partial charge in [0.05, 0.1) is 12.7 Å². The molecule has 19 heavy (non-hydrogen) atoms. The molecule has 3 nitrogen and oxygen atoms in total. The minimum atomic E-state index is -0.179. The van der Waals surface area contributed by atoms with E-state index in [1.165, 1.54) is 0 Å². The second kappa shape index (κ2) is 6.21. The fourth-order valence-electron chi connectivity index (χ4n) is 1.57. The summed E-state index contributed by atoms with van der Waals surface area (Å²) in [5, 5.41) is 2.83. The number of hydrogen-bond donors (Lipinski definition) is 1. The highest BCUT2D eigenvalue weighted by atomic mass is 79.9. The van der Waals surface area contributed by atoms with Crippen LogP contribution in [0, 0.1) is 0 Å². The predicted molar refractivity (Wildman–Crippen MR) is 82.8 cm³/mol. The number of hydrogen-bond acceptors (Lipinski definition) is 2. The van der Waals surface area contributed by atoms with Crippen molar-refractivity contribution in [2.45, 2.75) is 0 Å². The molecule has 0 fully saturated rings. The fraction of sp³-hybridized carbons (Fsp3) is 0.0714. The first-order chi connectivity index (χ1) is 9.10. The van der Waals surface area contributed by atoms with Gasteiger partial charge in [-0.2, -0.15) is 0 Å². The van der Waals surface area contributed by atoms with Crippen LogP contribution < -0.4 is 10.1 Å². The SMILES string of the molecule is COc1cccc(NC(=O)c2cc(Br)ccc2Br)c1. The minimum Gasteiger partial charge on any atom is -0.497 e. The molecule has 0 aliphatic heterocycles. The molecule has 0 radical (unpaired) electrons. The first-order valence-corrected chi connectivity index (χ1v) is 7.09. The summed E-state index contributed by atoms with van der Waals surface area (Å²) in [5.41, 5.74) is 1.26. The van der Waals surface area contributed by atoms with E-state index < -0.39 is 0 Å². The third-order valence-electron chi connectivity index (χ3n) is 2.50. The van der Waals surface area contributed by atoms with Gasteiger partial charge in [0, 0.05) is 20.7 Å². The van der Waals surface area contributed by atoms with Gasteiger partial charge in [-0.25, -0.2) is 0 Å². The largest absolute Gasteiger partial charge is 0.497 e. The van der Waals surface area contributed by atoms with Crippen LogP contribution in [0.25, 0.3) is 0 Å². The van der Waals surface area contributed by atoms with E-state index in [1.54, 1.807) is 19.2 Å². The molecule has 1 N–H and O–H groups in total. The van der Waals surface area contributed by atoms with E-state index in [4.69, 9.17) is 4.74 Å². The highest BCUT2D eigenvalue weighted by Crippen LogP contribution is 2.23. The predicted octanol–water partition coefficient (Wildman–Crippen LogP) is 4.47. The number of benzene rings is 2. The summed E-state index contributed by atoms with van der Waals surface area (Å²) in [6.45, 7) is 0. The van der Waals surface area contributed by atoms with Gasteiger partial charge in [-0.1, -0.05) is 22.0 Å². The molecule has 0 bridgehead atoms. The summed E-state index contributed by atoms with van der Waals surface area (Å²) in [5.74, 6) is 0.521. The second-order valence-electron chi connectivity index (χ2n) is 3.81. The molecule has 0 atom stereocenters. The van der Waals surface area contributed by atoms with Crippen LogP contribution in [0.2, 0.25) is 0 Å². The smallest absolute Gasteiger partial charge is 0.256 e. The summed E-state index contributed by atoms with van der Waals surface area (Å²) in [4.78, 5) is 12.2. The molecule has 0 saturated carbocycles. The highest BCUT2D eigenvalue weighted by molar-refractivity contribution is 9.11. The number of carbonyl (C=O) groups is 1. The van der Waals surface area contributed by atoms with Gasteiger partial charge < -0.3 is 10.1 Å². The van der Waals surface area contributed by atoms with Crippen LogP contribution in [0.15, 0.2) is 51.4 Å². The number of rotatable bonds is 3. The maximum Gasteiger partial charge on any atom is 0.256 e. The van der Waals surface area contributed by atoms with E-state index in [9.17, 15) is 4.79 Å². The van der Waals surface area contributed by atoms with Crippen LogP contribution in [-0.4, -0.2) is 13.0 Å². The Labute approximate surface area is 128 Å². The number of amides is 1. The average Bonchev–Trinajstić information content (AvgIpc) is 2.41. The van der Waals surface area contributed by atoms with Crippen molar-refractivity contribution in [2.75, 3.05) is 12.4 Å². The molecule has 0 heterocycles. The molecule has 1 amide bonds. The second-order valence-corrected chi connectivity index (χ2v) is 5.58. The van der Waals surface area contributed by atoms with Crippen molar-refractivity contribution >= 4 is 43.5 Å². The third-order valence-corrected chi connectivity index (χ3v) is 3.69. The first kappa shape index (κ1) is 14.1. The molecule has 0 aliphatic carbocycles. The van der Waals surface area contributed by atoms with E-state index in [0.717, 1.165) is 8.95 Å². The van der Waals surface area contributed by atoms with Gasteiger partial charge in [0.15, 0.2) is 0 Å². The fourth-order valence-corrected chi connectivity index (χ4v) is 2.36. The number of anilines is 1. The molecule has 0 spiro atoms. The lowest BCUT2D eigenvalue weighted by Crippen LogP contribution is -2.12. The normalized spacial score (nSPS) is 10.1. The Bertz CT molecular complexity index is 614. The number of ether oxygens (including phenoxy) is 1. The zero-order chi connectivity index (χ0) is 13.8. The maximum atomic E-state index is 12.2. The van der Waals surface area contributed by atoms with Crippen molar-refractivity contribution in [1.29, 1.82) is 0 Å². The van der Waals surface area contributed by atoms with Crippen LogP contribution in [-0.2, 0) is 0 Å². The van der Waals surface area contributed by atoms with Crippen molar-refractivity contribution in [3.8, 4) is 5.75 Å². The Morgan fingerprint density at radius 2 is 1.95 bits per heavy atom. The highest BCUT2D eigenvalue weighted by Gasteiger charge is 2.11. The van der Waals surface area contributed by atoms with Crippen LogP contribution >= 0.6 is 31.9 Å². The molecule has 0 aliphatic rings. The molecule has 2 aromatic rings. The van der Waals surface area contributed by atoms with Crippen LogP contribution in [0.3, 0.4) is 0 Å². The molecule has 0 unspecified atom stereocenters. The lowest BCUT2D eigenvalue weighted by Gasteiger charge is -2.08. The van der Waals surface area contributed by atoms with Gasteiger partial charge in [0.1, 0.15) is 5.75 Å². The van der Waals surface area contributed by atoms with Crippen LogP contribution in [0.4, 0.5) is 5.69 Å². The quantitative estimate of drug-likeness (QED) is 0.847. The molecule has 2 aromatic carbocycles. The third kappa shape index (κ3) is 3.58. The zero-order valence-corrected chi connectivity index (χ0v) is 13.3. The van der Waals surface area contributed by atoms with E-state index in [1.807, 2.05) is 30.3 Å². The minimum absolute atomic E-state index is 0.179. The van der Waals surface area contributed by atoms with Gasteiger partial charge in [-0.15, -0.1) is 0 Å². The maximum absolute atomic E-state index is 12.2. The molecule has 98 valence electrons. The lowest BCUT2D eigenvalue weighted by molar-refractivity contribution is 0.102. The molecule has 0 saturated heterocycles. The number of carbonyl (C=O) groups excluding carboxylic acids is 1. The van der Waals surface area contributed by atoms with E-state index >= 15 is 0 Å². The summed E-state index contributed by atoms with van der Waals surface area (Å²) >= 11 is 6.72. The summed E-state index contributed by atoms with van der Waals surface area (Å²) in [6, 6.07) is 12.7.